The number of benzene rings is 2. The number of anilines is 1. The van der Waals surface area contributed by atoms with E-state index in [0.29, 0.717) is 6.54 Å². The van der Waals surface area contributed by atoms with Crippen LogP contribution in [0, 0.1) is 19.7 Å². The van der Waals surface area contributed by atoms with Crippen molar-refractivity contribution in [3.05, 3.63) is 65.0 Å². The van der Waals surface area contributed by atoms with Gasteiger partial charge in [-0.1, -0.05) is 18.2 Å². The monoisotopic (exact) mass is 258 g/mol. The molecule has 0 spiro atoms. The fraction of sp³-hybridized carbons (Fsp3) is 0.250. The lowest BCUT2D eigenvalue weighted by atomic mass is 10.0. The molecule has 0 saturated heterocycles. The molecule has 0 saturated carbocycles. The van der Waals surface area contributed by atoms with Crippen molar-refractivity contribution >= 4 is 5.69 Å². The van der Waals surface area contributed by atoms with Crippen molar-refractivity contribution in [3.8, 4) is 0 Å². The van der Waals surface area contributed by atoms with Crippen LogP contribution in [0.3, 0.4) is 0 Å². The number of nitrogens with one attached hydrogen (secondary N) is 1. The highest BCUT2D eigenvalue weighted by Crippen LogP contribution is 2.23. The van der Waals surface area contributed by atoms with E-state index < -0.39 is 0 Å². The van der Waals surface area contributed by atoms with Gasteiger partial charge in [0.1, 0.15) is 5.82 Å². The van der Waals surface area contributed by atoms with Gasteiger partial charge < -0.3 is 11.1 Å². The fourth-order valence-corrected chi connectivity index (χ4v) is 2.19. The number of rotatable bonds is 4. The maximum absolute atomic E-state index is 13.4. The molecular weight excluding hydrogens is 239 g/mol. The van der Waals surface area contributed by atoms with Crippen LogP contribution in [0.4, 0.5) is 10.1 Å². The highest BCUT2D eigenvalue weighted by molar-refractivity contribution is 5.48. The summed E-state index contributed by atoms with van der Waals surface area (Å²) in [6, 6.07) is 12.8. The first-order valence-electron chi connectivity index (χ1n) is 6.39. The van der Waals surface area contributed by atoms with Gasteiger partial charge in [-0.05, 0) is 54.8 Å². The van der Waals surface area contributed by atoms with Crippen molar-refractivity contribution in [2.75, 3.05) is 11.9 Å². The van der Waals surface area contributed by atoms with Crippen molar-refractivity contribution in [2.24, 2.45) is 5.73 Å². The van der Waals surface area contributed by atoms with Crippen molar-refractivity contribution in [3.63, 3.8) is 0 Å². The van der Waals surface area contributed by atoms with Crippen LogP contribution in [-0.4, -0.2) is 6.54 Å². The number of nitrogens with two attached hydrogens (primary N) is 1. The molecular formula is C16H19FN2. The number of halogens is 1. The predicted octanol–water partition coefficient (Wildman–Crippen LogP) is 3.55. The molecule has 0 radical (unpaired) electrons. The first-order chi connectivity index (χ1) is 9.10. The Morgan fingerprint density at radius 2 is 1.95 bits per heavy atom. The Kier molecular flexibility index (Phi) is 4.17. The van der Waals surface area contributed by atoms with Gasteiger partial charge in [0, 0.05) is 12.2 Å². The Bertz CT molecular complexity index is 566. The third-order valence-corrected chi connectivity index (χ3v) is 3.21. The zero-order valence-corrected chi connectivity index (χ0v) is 11.3. The number of hydrogen-bond donors (Lipinski definition) is 2. The molecule has 0 amide bonds. The largest absolute Gasteiger partial charge is 0.377 e. The van der Waals surface area contributed by atoms with Crippen molar-refractivity contribution in [1.82, 2.24) is 0 Å². The quantitative estimate of drug-likeness (QED) is 0.880. The Morgan fingerprint density at radius 3 is 2.63 bits per heavy atom. The molecule has 2 aromatic rings. The zero-order valence-electron chi connectivity index (χ0n) is 11.3. The SMILES string of the molecule is Cc1cccc(NC(CN)c2cc(F)ccc2C)c1. The van der Waals surface area contributed by atoms with Crippen LogP contribution in [-0.2, 0) is 0 Å². The van der Waals surface area contributed by atoms with Crippen LogP contribution in [0.1, 0.15) is 22.7 Å². The molecule has 0 fully saturated rings. The highest BCUT2D eigenvalue weighted by Gasteiger charge is 2.13. The first kappa shape index (κ1) is 13.6. The van der Waals surface area contributed by atoms with Gasteiger partial charge >= 0.3 is 0 Å². The second-order valence-corrected chi connectivity index (χ2v) is 4.80. The van der Waals surface area contributed by atoms with Crippen LogP contribution in [0.25, 0.3) is 0 Å². The number of aryl methyl sites for hydroxylation is 2. The predicted molar refractivity (Wildman–Crippen MR) is 77.7 cm³/mol. The summed E-state index contributed by atoms with van der Waals surface area (Å²) in [7, 11) is 0. The molecule has 1 unspecified atom stereocenters. The molecule has 0 heterocycles. The van der Waals surface area contributed by atoms with Crippen LogP contribution >= 0.6 is 0 Å². The van der Waals surface area contributed by atoms with E-state index in [0.717, 1.165) is 16.8 Å². The maximum Gasteiger partial charge on any atom is 0.123 e. The molecule has 0 aliphatic rings. The molecule has 2 aromatic carbocycles. The second kappa shape index (κ2) is 5.85. The lowest BCUT2D eigenvalue weighted by Gasteiger charge is -2.21. The smallest absolute Gasteiger partial charge is 0.123 e. The molecule has 0 aliphatic heterocycles. The Balaban J connectivity index is 2.27. The van der Waals surface area contributed by atoms with E-state index in [1.54, 1.807) is 12.1 Å². The molecule has 3 heteroatoms. The summed E-state index contributed by atoms with van der Waals surface area (Å²) in [4.78, 5) is 0. The maximum atomic E-state index is 13.4. The molecule has 0 aliphatic carbocycles. The van der Waals surface area contributed by atoms with Crippen molar-refractivity contribution in [1.29, 1.82) is 0 Å². The lowest BCUT2D eigenvalue weighted by Crippen LogP contribution is -2.21. The van der Waals surface area contributed by atoms with E-state index >= 15 is 0 Å². The van der Waals surface area contributed by atoms with Gasteiger partial charge in [-0.2, -0.15) is 0 Å². The van der Waals surface area contributed by atoms with Gasteiger partial charge in [0.05, 0.1) is 6.04 Å². The Morgan fingerprint density at radius 1 is 1.16 bits per heavy atom. The first-order valence-corrected chi connectivity index (χ1v) is 6.39. The average Bonchev–Trinajstić information content (AvgIpc) is 2.39. The van der Waals surface area contributed by atoms with E-state index in [1.807, 2.05) is 32.0 Å². The number of hydrogen-bond acceptors (Lipinski definition) is 2. The van der Waals surface area contributed by atoms with E-state index in [-0.39, 0.29) is 11.9 Å². The summed E-state index contributed by atoms with van der Waals surface area (Å²) in [6.07, 6.45) is 0. The van der Waals surface area contributed by atoms with Gasteiger partial charge in [-0.15, -0.1) is 0 Å². The third kappa shape index (κ3) is 3.32. The lowest BCUT2D eigenvalue weighted by molar-refractivity contribution is 0.621. The second-order valence-electron chi connectivity index (χ2n) is 4.80. The fourth-order valence-electron chi connectivity index (χ4n) is 2.19. The summed E-state index contributed by atoms with van der Waals surface area (Å²) >= 11 is 0. The summed E-state index contributed by atoms with van der Waals surface area (Å²) in [5, 5.41) is 3.36. The minimum atomic E-state index is -0.231. The standard InChI is InChI=1S/C16H19FN2/c1-11-4-3-5-14(8-11)19-16(10-18)15-9-13(17)7-6-12(15)2/h3-9,16,19H,10,18H2,1-2H3. The normalized spacial score (nSPS) is 12.2. The third-order valence-electron chi connectivity index (χ3n) is 3.21. The van der Waals surface area contributed by atoms with Gasteiger partial charge in [0.25, 0.3) is 0 Å². The van der Waals surface area contributed by atoms with E-state index in [2.05, 4.69) is 11.4 Å². The summed E-state index contributed by atoms with van der Waals surface area (Å²) in [5.41, 5.74) is 9.95. The van der Waals surface area contributed by atoms with Crippen LogP contribution in [0.5, 0.6) is 0 Å². The van der Waals surface area contributed by atoms with Crippen LogP contribution in [0.2, 0.25) is 0 Å². The van der Waals surface area contributed by atoms with Crippen LogP contribution in [0.15, 0.2) is 42.5 Å². The van der Waals surface area contributed by atoms with Gasteiger partial charge in [-0.3, -0.25) is 0 Å². The Hall–Kier alpha value is -1.87. The zero-order chi connectivity index (χ0) is 13.8. The molecule has 0 aromatic heterocycles. The van der Waals surface area contributed by atoms with E-state index in [4.69, 9.17) is 5.73 Å². The van der Waals surface area contributed by atoms with Gasteiger partial charge in [0.15, 0.2) is 0 Å². The summed E-state index contributed by atoms with van der Waals surface area (Å²) in [6.45, 7) is 4.42. The molecule has 3 N–H and O–H groups in total. The van der Waals surface area contributed by atoms with Crippen molar-refractivity contribution < 1.29 is 4.39 Å². The average molecular weight is 258 g/mol. The van der Waals surface area contributed by atoms with Gasteiger partial charge in [-0.25, -0.2) is 4.39 Å². The minimum Gasteiger partial charge on any atom is -0.377 e. The molecule has 2 nitrogen and oxygen atoms in total. The summed E-state index contributed by atoms with van der Waals surface area (Å²) in [5.74, 6) is -0.231. The molecule has 19 heavy (non-hydrogen) atoms. The van der Waals surface area contributed by atoms with E-state index in [1.165, 1.54) is 11.6 Å². The highest BCUT2D eigenvalue weighted by atomic mass is 19.1. The van der Waals surface area contributed by atoms with E-state index in [9.17, 15) is 4.39 Å². The van der Waals surface area contributed by atoms with Crippen molar-refractivity contribution in [2.45, 2.75) is 19.9 Å². The Labute approximate surface area is 113 Å². The molecule has 1 atom stereocenters. The molecule has 100 valence electrons. The molecule has 2 rings (SSSR count). The minimum absolute atomic E-state index is 0.0856. The van der Waals surface area contributed by atoms with Gasteiger partial charge in [0.2, 0.25) is 0 Å². The summed E-state index contributed by atoms with van der Waals surface area (Å²) < 4.78 is 13.4. The topological polar surface area (TPSA) is 38.0 Å². The molecule has 0 bridgehead atoms. The van der Waals surface area contributed by atoms with Crippen LogP contribution < -0.4 is 11.1 Å².